The minimum Gasteiger partial charge on any atom is -0.377 e. The molecule has 0 saturated carbocycles. The predicted molar refractivity (Wildman–Crippen MR) is 72.9 cm³/mol. The molecular weight excluding hydrogens is 226 g/mol. The molecule has 2 aromatic rings. The third-order valence-electron chi connectivity index (χ3n) is 3.13. The Labute approximate surface area is 107 Å². The zero-order valence-electron chi connectivity index (χ0n) is 10.8. The second-order valence-corrected chi connectivity index (χ2v) is 4.25. The monoisotopic (exact) mass is 245 g/mol. The van der Waals surface area contributed by atoms with E-state index in [2.05, 4.69) is 16.5 Å². The maximum atomic E-state index is 5.68. The van der Waals surface area contributed by atoms with Gasteiger partial charge in [0.1, 0.15) is 0 Å². The molecule has 96 valence electrons. The van der Waals surface area contributed by atoms with Crippen LogP contribution in [0.2, 0.25) is 0 Å². The van der Waals surface area contributed by atoms with Crippen LogP contribution in [0, 0.1) is 0 Å². The summed E-state index contributed by atoms with van der Waals surface area (Å²) in [6.45, 7) is 4.68. The van der Waals surface area contributed by atoms with Crippen molar-refractivity contribution in [1.82, 2.24) is 10.4 Å². The Morgan fingerprint density at radius 1 is 1.39 bits per heavy atom. The van der Waals surface area contributed by atoms with Gasteiger partial charge >= 0.3 is 0 Å². The number of hydrogen-bond acceptors (Lipinski definition) is 4. The van der Waals surface area contributed by atoms with Crippen molar-refractivity contribution in [2.75, 3.05) is 6.61 Å². The molecule has 2 rings (SSSR count). The lowest BCUT2D eigenvalue weighted by atomic mass is 9.97. The number of fused-ring (bicyclic) bond motifs is 1. The number of nitrogens with two attached hydrogens (primary N) is 1. The molecule has 4 heteroatoms. The third kappa shape index (κ3) is 2.51. The Bertz CT molecular complexity index is 510. The summed E-state index contributed by atoms with van der Waals surface area (Å²) >= 11 is 0. The molecule has 2 unspecified atom stereocenters. The van der Waals surface area contributed by atoms with E-state index in [1.165, 1.54) is 0 Å². The summed E-state index contributed by atoms with van der Waals surface area (Å²) in [4.78, 5) is 4.14. The molecule has 1 aromatic heterocycles. The Morgan fingerprint density at radius 3 is 2.94 bits per heavy atom. The zero-order chi connectivity index (χ0) is 13.0. The summed E-state index contributed by atoms with van der Waals surface area (Å²) in [5, 5.41) is 2.26. The van der Waals surface area contributed by atoms with Crippen molar-refractivity contribution in [2.45, 2.75) is 26.0 Å². The van der Waals surface area contributed by atoms with Crippen LogP contribution in [0.5, 0.6) is 0 Å². The molecule has 0 spiro atoms. The van der Waals surface area contributed by atoms with E-state index >= 15 is 0 Å². The molecule has 0 bridgehead atoms. The molecule has 0 saturated heterocycles. The second kappa shape index (κ2) is 5.91. The molecule has 0 amide bonds. The van der Waals surface area contributed by atoms with Gasteiger partial charge < -0.3 is 4.74 Å². The van der Waals surface area contributed by atoms with Crippen LogP contribution >= 0.6 is 0 Å². The normalized spacial score (nSPS) is 14.6. The maximum Gasteiger partial charge on any atom is 0.0754 e. The predicted octanol–water partition coefficient (Wildman–Crippen LogP) is 2.16. The summed E-state index contributed by atoms with van der Waals surface area (Å²) in [7, 11) is 0. The molecule has 0 aliphatic carbocycles. The highest BCUT2D eigenvalue weighted by Crippen LogP contribution is 2.26. The molecule has 2 atom stereocenters. The summed E-state index contributed by atoms with van der Waals surface area (Å²) < 4.78 is 5.64. The lowest BCUT2D eigenvalue weighted by Gasteiger charge is -2.24. The molecule has 0 radical (unpaired) electrons. The molecule has 1 heterocycles. The van der Waals surface area contributed by atoms with E-state index in [0.29, 0.717) is 6.61 Å². The Balaban J connectivity index is 2.44. The van der Waals surface area contributed by atoms with Crippen LogP contribution in [-0.2, 0) is 4.74 Å². The standard InChI is InChI=1S/C14H19N3O/c1-3-18-10(2)14(17-15)13-6-4-5-11-9-16-8-7-12(11)13/h4-10,14,17H,3,15H2,1-2H3. The third-order valence-corrected chi connectivity index (χ3v) is 3.13. The van der Waals surface area contributed by atoms with E-state index in [1.54, 1.807) is 6.20 Å². The summed E-state index contributed by atoms with van der Waals surface area (Å²) in [5.41, 5.74) is 3.99. The van der Waals surface area contributed by atoms with Gasteiger partial charge in [-0.1, -0.05) is 18.2 Å². The molecule has 0 fully saturated rings. The first-order valence-corrected chi connectivity index (χ1v) is 6.18. The van der Waals surface area contributed by atoms with E-state index < -0.39 is 0 Å². The van der Waals surface area contributed by atoms with Crippen molar-refractivity contribution < 1.29 is 4.74 Å². The van der Waals surface area contributed by atoms with E-state index in [0.717, 1.165) is 16.3 Å². The summed E-state index contributed by atoms with van der Waals surface area (Å²) in [6.07, 6.45) is 3.67. The van der Waals surface area contributed by atoms with Crippen molar-refractivity contribution >= 4 is 10.8 Å². The van der Waals surface area contributed by atoms with Gasteiger partial charge in [-0.25, -0.2) is 0 Å². The highest BCUT2D eigenvalue weighted by Gasteiger charge is 2.20. The van der Waals surface area contributed by atoms with Crippen LogP contribution in [0.3, 0.4) is 0 Å². The van der Waals surface area contributed by atoms with Crippen LogP contribution in [0.25, 0.3) is 10.8 Å². The van der Waals surface area contributed by atoms with Crippen molar-refractivity contribution in [3.8, 4) is 0 Å². The summed E-state index contributed by atoms with van der Waals surface area (Å²) in [5.74, 6) is 5.68. The fraction of sp³-hybridized carbons (Fsp3) is 0.357. The van der Waals surface area contributed by atoms with Gasteiger partial charge in [0, 0.05) is 24.4 Å². The fourth-order valence-corrected chi connectivity index (χ4v) is 2.26. The van der Waals surface area contributed by atoms with Gasteiger partial charge in [0.15, 0.2) is 0 Å². The maximum absolute atomic E-state index is 5.68. The highest BCUT2D eigenvalue weighted by molar-refractivity contribution is 5.85. The molecule has 1 aromatic carbocycles. The number of hydrazine groups is 1. The van der Waals surface area contributed by atoms with Crippen molar-refractivity contribution in [3.63, 3.8) is 0 Å². The van der Waals surface area contributed by atoms with Crippen molar-refractivity contribution in [2.24, 2.45) is 5.84 Å². The van der Waals surface area contributed by atoms with Gasteiger partial charge in [-0.2, -0.15) is 0 Å². The van der Waals surface area contributed by atoms with E-state index in [-0.39, 0.29) is 12.1 Å². The molecular formula is C14H19N3O. The van der Waals surface area contributed by atoms with Crippen LogP contribution in [0.15, 0.2) is 36.7 Å². The van der Waals surface area contributed by atoms with E-state index in [9.17, 15) is 0 Å². The average Bonchev–Trinajstić information content (AvgIpc) is 2.40. The SMILES string of the molecule is CCOC(C)C(NN)c1cccc2cnccc12. The van der Waals surface area contributed by atoms with Gasteiger partial charge in [-0.05, 0) is 30.9 Å². The quantitative estimate of drug-likeness (QED) is 0.626. The molecule has 4 nitrogen and oxygen atoms in total. The van der Waals surface area contributed by atoms with E-state index in [1.807, 2.05) is 38.2 Å². The number of aromatic nitrogens is 1. The molecule has 18 heavy (non-hydrogen) atoms. The minimum atomic E-state index is -0.0314. The topological polar surface area (TPSA) is 60.2 Å². The van der Waals surface area contributed by atoms with Crippen LogP contribution in [0.1, 0.15) is 25.5 Å². The molecule has 0 aliphatic heterocycles. The first-order valence-electron chi connectivity index (χ1n) is 6.18. The first-order chi connectivity index (χ1) is 8.77. The molecule has 0 aliphatic rings. The number of rotatable bonds is 5. The van der Waals surface area contributed by atoms with Gasteiger partial charge in [0.2, 0.25) is 0 Å². The first kappa shape index (κ1) is 13.0. The second-order valence-electron chi connectivity index (χ2n) is 4.25. The van der Waals surface area contributed by atoms with E-state index in [4.69, 9.17) is 10.6 Å². The Kier molecular flexibility index (Phi) is 4.25. The van der Waals surface area contributed by atoms with Gasteiger partial charge in [-0.15, -0.1) is 0 Å². The Hall–Kier alpha value is -1.49. The lowest BCUT2D eigenvalue weighted by molar-refractivity contribution is 0.0476. The van der Waals surface area contributed by atoms with Gasteiger partial charge in [-0.3, -0.25) is 16.3 Å². The molecule has 3 N–H and O–H groups in total. The van der Waals surface area contributed by atoms with Gasteiger partial charge in [0.05, 0.1) is 12.1 Å². The smallest absolute Gasteiger partial charge is 0.0754 e. The minimum absolute atomic E-state index is 0.0127. The number of nitrogens with zero attached hydrogens (tertiary/aromatic N) is 1. The largest absolute Gasteiger partial charge is 0.377 e. The number of ether oxygens (including phenoxy) is 1. The average molecular weight is 245 g/mol. The fourth-order valence-electron chi connectivity index (χ4n) is 2.26. The number of hydrogen-bond donors (Lipinski definition) is 2. The summed E-state index contributed by atoms with van der Waals surface area (Å²) in [6, 6.07) is 8.11. The number of nitrogens with one attached hydrogen (secondary N) is 1. The van der Waals surface area contributed by atoms with Crippen LogP contribution in [-0.4, -0.2) is 17.7 Å². The number of benzene rings is 1. The zero-order valence-corrected chi connectivity index (χ0v) is 10.8. The Morgan fingerprint density at radius 2 is 2.22 bits per heavy atom. The lowest BCUT2D eigenvalue weighted by Crippen LogP contribution is -2.36. The van der Waals surface area contributed by atoms with Crippen molar-refractivity contribution in [3.05, 3.63) is 42.2 Å². The van der Waals surface area contributed by atoms with Gasteiger partial charge in [0.25, 0.3) is 0 Å². The van der Waals surface area contributed by atoms with Crippen LogP contribution in [0.4, 0.5) is 0 Å². The highest BCUT2D eigenvalue weighted by atomic mass is 16.5. The van der Waals surface area contributed by atoms with Crippen LogP contribution < -0.4 is 11.3 Å². The number of pyridine rings is 1. The van der Waals surface area contributed by atoms with Crippen molar-refractivity contribution in [1.29, 1.82) is 0 Å².